The van der Waals surface area contributed by atoms with Crippen LogP contribution >= 0.6 is 0 Å². The highest BCUT2D eigenvalue weighted by Crippen LogP contribution is 2.41. The van der Waals surface area contributed by atoms with Crippen LogP contribution in [-0.2, 0) is 0 Å². The van der Waals surface area contributed by atoms with E-state index in [1.807, 2.05) is 0 Å². The summed E-state index contributed by atoms with van der Waals surface area (Å²) in [7, 11) is 1.14. The first-order valence-electron chi connectivity index (χ1n) is 4.89. The van der Waals surface area contributed by atoms with Crippen LogP contribution in [-0.4, -0.2) is 36.4 Å². The molecular formula is C9H8BFO7-2. The average Bonchev–Trinajstić information content (AvgIpc) is 2.26. The topological polar surface area (TPSA) is 108 Å². The number of carbonyl (C=O) groups excluding carboxylic acids is 1. The number of carboxylic acid groups (broad SMARTS) is 1. The number of ether oxygens (including phenoxy) is 2. The van der Waals surface area contributed by atoms with Crippen molar-refractivity contribution in [3.8, 4) is 17.2 Å². The second-order valence-corrected chi connectivity index (χ2v) is 3.67. The molecule has 0 saturated carbocycles. The monoisotopic (exact) mass is 258 g/mol. The fraction of sp³-hybridized carbons (Fsp3) is 0.222. The maximum absolute atomic E-state index is 13.7. The van der Waals surface area contributed by atoms with Crippen molar-refractivity contribution in [1.82, 2.24) is 0 Å². The normalized spacial score (nSPS) is 16.2. The van der Waals surface area contributed by atoms with Gasteiger partial charge in [0.25, 0.3) is 0 Å². The number of fused-ring (bicyclic) bond motifs is 1. The minimum absolute atomic E-state index is 0.173. The van der Waals surface area contributed by atoms with E-state index in [1.54, 1.807) is 0 Å². The van der Waals surface area contributed by atoms with E-state index in [1.165, 1.54) is 0 Å². The van der Waals surface area contributed by atoms with E-state index in [0.717, 1.165) is 13.2 Å². The Balaban J connectivity index is 2.66. The third kappa shape index (κ3) is 1.93. The molecule has 0 bridgehead atoms. The summed E-state index contributed by atoms with van der Waals surface area (Å²) < 4.78 is 27.9. The van der Waals surface area contributed by atoms with E-state index < -0.39 is 36.4 Å². The van der Waals surface area contributed by atoms with Gasteiger partial charge in [0.1, 0.15) is 5.75 Å². The molecule has 2 rings (SSSR count). The van der Waals surface area contributed by atoms with E-state index in [-0.39, 0.29) is 11.5 Å². The van der Waals surface area contributed by atoms with Gasteiger partial charge in [-0.25, -0.2) is 4.39 Å². The van der Waals surface area contributed by atoms with Gasteiger partial charge in [0.15, 0.2) is 17.3 Å². The van der Waals surface area contributed by atoms with Crippen LogP contribution in [0, 0.1) is 5.82 Å². The van der Waals surface area contributed by atoms with E-state index in [9.17, 15) is 24.3 Å². The van der Waals surface area contributed by atoms with Gasteiger partial charge < -0.3 is 34.1 Å². The molecule has 18 heavy (non-hydrogen) atoms. The van der Waals surface area contributed by atoms with Crippen LogP contribution in [0.15, 0.2) is 6.07 Å². The second-order valence-electron chi connectivity index (χ2n) is 3.67. The highest BCUT2D eigenvalue weighted by atomic mass is 19.1. The molecule has 9 heteroatoms. The number of rotatable bonds is 2. The molecule has 0 saturated heterocycles. The van der Waals surface area contributed by atoms with Crippen LogP contribution in [0.25, 0.3) is 0 Å². The number of carboxylic acids is 1. The molecule has 1 aliphatic heterocycles. The van der Waals surface area contributed by atoms with Crippen LogP contribution in [0.2, 0.25) is 0 Å². The third-order valence-electron chi connectivity index (χ3n) is 2.34. The zero-order chi connectivity index (χ0) is 13.5. The molecule has 0 fully saturated rings. The lowest BCUT2D eigenvalue weighted by molar-refractivity contribution is -0.255. The molecule has 1 aromatic rings. The smallest absolute Gasteiger partial charge is 0.467 e. The molecule has 1 aromatic carbocycles. The molecule has 0 radical (unpaired) electrons. The number of carbonyl (C=O) groups is 1. The van der Waals surface area contributed by atoms with Crippen molar-refractivity contribution in [1.29, 1.82) is 0 Å². The van der Waals surface area contributed by atoms with E-state index in [4.69, 9.17) is 4.74 Å². The fourth-order valence-electron chi connectivity index (χ4n) is 1.57. The van der Waals surface area contributed by atoms with Gasteiger partial charge in [0.2, 0.25) is 0 Å². The Morgan fingerprint density at radius 1 is 1.61 bits per heavy atom. The third-order valence-corrected chi connectivity index (χ3v) is 2.34. The number of halogens is 1. The summed E-state index contributed by atoms with van der Waals surface area (Å²) in [4.78, 5) is 10.9. The summed E-state index contributed by atoms with van der Waals surface area (Å²) in [6, 6.07) is 1.04. The van der Waals surface area contributed by atoms with Crippen molar-refractivity contribution in [3.63, 3.8) is 0 Å². The van der Waals surface area contributed by atoms with Gasteiger partial charge in [-0.05, 0) is 0 Å². The largest absolute Gasteiger partial charge is 0.665 e. The molecule has 98 valence electrons. The molecule has 0 amide bonds. The standard InChI is InChI=1S/C9H9BFO7/c1-16-4-2-5-8(6(7(4)11)9(12)13)18-10(14,15)3-17-5/h2,14-15H,3H2,1H3,(H,12,13)/q-1/p-1. The summed E-state index contributed by atoms with van der Waals surface area (Å²) >= 11 is 0. The number of benzene rings is 1. The Kier molecular flexibility index (Phi) is 2.79. The Labute approximate surface area is 100 Å². The second kappa shape index (κ2) is 4.04. The summed E-state index contributed by atoms with van der Waals surface area (Å²) in [6.45, 7) is -3.99. The molecule has 1 heterocycles. The predicted molar refractivity (Wildman–Crippen MR) is 53.6 cm³/mol. The average molecular weight is 258 g/mol. The van der Waals surface area contributed by atoms with Gasteiger partial charge in [-0.1, -0.05) is 0 Å². The lowest BCUT2D eigenvalue weighted by Crippen LogP contribution is -2.51. The maximum atomic E-state index is 13.7. The minimum Gasteiger partial charge on any atom is -0.665 e. The zero-order valence-electron chi connectivity index (χ0n) is 9.18. The molecule has 0 aliphatic carbocycles. The Bertz CT molecular complexity index is 516. The maximum Gasteiger partial charge on any atom is 0.467 e. The first-order chi connectivity index (χ1) is 8.35. The minimum atomic E-state index is -3.39. The molecule has 2 N–H and O–H groups in total. The molecule has 0 aromatic heterocycles. The van der Waals surface area contributed by atoms with Gasteiger partial charge in [-0.3, -0.25) is 0 Å². The summed E-state index contributed by atoms with van der Waals surface area (Å²) in [5.74, 6) is -4.32. The van der Waals surface area contributed by atoms with Gasteiger partial charge in [-0.15, -0.1) is 0 Å². The Morgan fingerprint density at radius 3 is 2.83 bits per heavy atom. The Morgan fingerprint density at radius 2 is 2.28 bits per heavy atom. The number of hydrogen-bond acceptors (Lipinski definition) is 7. The van der Waals surface area contributed by atoms with Crippen LogP contribution in [0.5, 0.6) is 17.2 Å². The molecular weight excluding hydrogens is 250 g/mol. The first kappa shape index (κ1) is 12.5. The first-order valence-corrected chi connectivity index (χ1v) is 4.89. The summed E-state index contributed by atoms with van der Waals surface area (Å²) in [5.41, 5.74) is -0.988. The van der Waals surface area contributed by atoms with Gasteiger partial charge >= 0.3 is 6.75 Å². The van der Waals surface area contributed by atoms with Gasteiger partial charge in [0.05, 0.1) is 25.1 Å². The molecule has 0 unspecified atom stereocenters. The van der Waals surface area contributed by atoms with Crippen LogP contribution in [0.3, 0.4) is 0 Å². The van der Waals surface area contributed by atoms with Crippen molar-refractivity contribution < 1.29 is 38.5 Å². The van der Waals surface area contributed by atoms with Crippen molar-refractivity contribution in [2.45, 2.75) is 0 Å². The van der Waals surface area contributed by atoms with Crippen LogP contribution < -0.4 is 19.2 Å². The summed E-state index contributed by atoms with van der Waals surface area (Å²) in [6.07, 6.45) is 0. The molecule has 1 aliphatic rings. The zero-order valence-corrected chi connectivity index (χ0v) is 9.18. The SMILES string of the molecule is COc1cc2c(c(C(=O)[O-])c1F)O[B-](O)(O)CO2. The molecule has 7 nitrogen and oxygen atoms in total. The van der Waals surface area contributed by atoms with E-state index >= 15 is 0 Å². The van der Waals surface area contributed by atoms with Crippen molar-refractivity contribution in [3.05, 3.63) is 17.4 Å². The quantitative estimate of drug-likeness (QED) is 0.617. The molecule has 0 spiro atoms. The predicted octanol–water partition coefficient (Wildman–Crippen LogP) is -1.57. The number of aromatic carboxylic acids is 1. The number of hydrogen-bond donors (Lipinski definition) is 2. The van der Waals surface area contributed by atoms with Crippen molar-refractivity contribution >= 4 is 12.7 Å². The summed E-state index contributed by atoms with van der Waals surface area (Å²) in [5, 5.41) is 29.4. The Hall–Kier alpha value is -2.00. The van der Waals surface area contributed by atoms with Crippen molar-refractivity contribution in [2.24, 2.45) is 0 Å². The van der Waals surface area contributed by atoms with E-state index in [0.29, 0.717) is 0 Å². The molecule has 0 atom stereocenters. The fourth-order valence-corrected chi connectivity index (χ4v) is 1.57. The highest BCUT2D eigenvalue weighted by Gasteiger charge is 2.34. The van der Waals surface area contributed by atoms with Gasteiger partial charge in [-0.2, -0.15) is 0 Å². The number of methoxy groups -OCH3 is 1. The van der Waals surface area contributed by atoms with Gasteiger partial charge in [0, 0.05) is 6.07 Å². The van der Waals surface area contributed by atoms with Crippen LogP contribution in [0.1, 0.15) is 10.4 Å². The highest BCUT2D eigenvalue weighted by molar-refractivity contribution is 6.58. The lowest BCUT2D eigenvalue weighted by atomic mass is 9.80. The van der Waals surface area contributed by atoms with Crippen LogP contribution in [0.4, 0.5) is 4.39 Å². The lowest BCUT2D eigenvalue weighted by Gasteiger charge is -2.37. The van der Waals surface area contributed by atoms with E-state index in [2.05, 4.69) is 9.39 Å². The van der Waals surface area contributed by atoms with Crippen molar-refractivity contribution in [2.75, 3.05) is 13.6 Å².